The highest BCUT2D eigenvalue weighted by molar-refractivity contribution is 14.0. The molecule has 1 aromatic heterocycles. The Morgan fingerprint density at radius 1 is 1.42 bits per heavy atom. The van der Waals surface area contributed by atoms with E-state index in [1.165, 1.54) is 12.0 Å². The summed E-state index contributed by atoms with van der Waals surface area (Å²) in [5.74, 6) is 1.43. The first kappa shape index (κ1) is 19.5. The second-order valence-corrected chi connectivity index (χ2v) is 7.06. The van der Waals surface area contributed by atoms with Crippen molar-refractivity contribution >= 4 is 29.9 Å². The van der Waals surface area contributed by atoms with E-state index in [0.717, 1.165) is 51.2 Å². The van der Waals surface area contributed by atoms with E-state index in [1.807, 2.05) is 25.0 Å². The van der Waals surface area contributed by atoms with E-state index in [2.05, 4.69) is 26.5 Å². The Labute approximate surface area is 161 Å². The van der Waals surface area contributed by atoms with E-state index in [1.54, 1.807) is 0 Å². The van der Waals surface area contributed by atoms with Crippen molar-refractivity contribution < 1.29 is 5.11 Å². The first-order chi connectivity index (χ1) is 11.1. The maximum absolute atomic E-state index is 10.6. The lowest BCUT2D eigenvalue weighted by Gasteiger charge is -2.33. The summed E-state index contributed by atoms with van der Waals surface area (Å²) in [6.45, 7) is 2.56. The molecular weight excluding hydrogens is 417 g/mol. The van der Waals surface area contributed by atoms with Gasteiger partial charge in [-0.2, -0.15) is 5.10 Å². The Kier molecular flexibility index (Phi) is 6.91. The molecular formula is C17H30IN5O. The first-order valence-electron chi connectivity index (χ1n) is 8.76. The number of likely N-dealkylation sites (tertiary alicyclic amines) is 1. The molecule has 0 radical (unpaired) electrons. The number of halogens is 1. The van der Waals surface area contributed by atoms with Crippen LogP contribution in [0.1, 0.15) is 50.0 Å². The monoisotopic (exact) mass is 447 g/mol. The van der Waals surface area contributed by atoms with E-state index in [4.69, 9.17) is 0 Å². The lowest BCUT2D eigenvalue weighted by Crippen LogP contribution is -2.48. The summed E-state index contributed by atoms with van der Waals surface area (Å²) in [6, 6.07) is 0. The number of rotatable bonds is 3. The zero-order valence-electron chi connectivity index (χ0n) is 14.7. The van der Waals surface area contributed by atoms with Gasteiger partial charge in [-0.25, -0.2) is 0 Å². The number of aryl methyl sites for hydroxylation is 1. The van der Waals surface area contributed by atoms with Crippen molar-refractivity contribution in [1.29, 1.82) is 0 Å². The number of nitrogens with zero attached hydrogens (tertiary/aromatic N) is 4. The molecule has 2 heterocycles. The summed E-state index contributed by atoms with van der Waals surface area (Å²) in [7, 11) is 3.78. The van der Waals surface area contributed by atoms with E-state index < -0.39 is 5.60 Å². The van der Waals surface area contributed by atoms with Crippen LogP contribution in [-0.4, -0.2) is 58.0 Å². The van der Waals surface area contributed by atoms with Crippen LogP contribution < -0.4 is 5.32 Å². The number of hydrogen-bond acceptors (Lipinski definition) is 3. The molecule has 7 heteroatoms. The third-order valence-corrected chi connectivity index (χ3v) is 5.26. The molecule has 2 N–H and O–H groups in total. The average Bonchev–Trinajstić information content (AvgIpc) is 3.18. The Bertz CT molecular complexity index is 553. The van der Waals surface area contributed by atoms with Gasteiger partial charge in [-0.05, 0) is 24.8 Å². The lowest BCUT2D eigenvalue weighted by molar-refractivity contribution is 0.00820. The zero-order valence-corrected chi connectivity index (χ0v) is 17.1. The Hall–Kier alpha value is -0.830. The predicted octanol–water partition coefficient (Wildman–Crippen LogP) is 2.10. The van der Waals surface area contributed by atoms with Crippen LogP contribution in [0.5, 0.6) is 0 Å². The SMILES string of the molecule is CN=C(NCC1(O)CCCCC1)N1CCC(c2cnn(C)c2)C1.I. The van der Waals surface area contributed by atoms with Gasteiger partial charge in [0.15, 0.2) is 5.96 Å². The molecule has 24 heavy (non-hydrogen) atoms. The summed E-state index contributed by atoms with van der Waals surface area (Å²) in [5.41, 5.74) is 0.743. The second-order valence-electron chi connectivity index (χ2n) is 7.06. The minimum absolute atomic E-state index is 0. The van der Waals surface area contributed by atoms with Gasteiger partial charge in [-0.1, -0.05) is 19.3 Å². The van der Waals surface area contributed by atoms with Crippen molar-refractivity contribution in [2.75, 3.05) is 26.7 Å². The molecule has 6 nitrogen and oxygen atoms in total. The van der Waals surface area contributed by atoms with E-state index in [0.29, 0.717) is 12.5 Å². The quantitative estimate of drug-likeness (QED) is 0.423. The van der Waals surface area contributed by atoms with Gasteiger partial charge in [0, 0.05) is 45.8 Å². The van der Waals surface area contributed by atoms with Gasteiger partial charge in [0.1, 0.15) is 0 Å². The highest BCUT2D eigenvalue weighted by atomic mass is 127. The summed E-state index contributed by atoms with van der Waals surface area (Å²) in [4.78, 5) is 6.71. The molecule has 0 spiro atoms. The van der Waals surface area contributed by atoms with E-state index in [9.17, 15) is 5.11 Å². The molecule has 1 aromatic rings. The highest BCUT2D eigenvalue weighted by Crippen LogP contribution is 2.28. The Morgan fingerprint density at radius 3 is 2.79 bits per heavy atom. The standard InChI is InChI=1S/C17H29N5O.HI/c1-18-16(19-13-17(23)7-4-3-5-8-17)22-9-6-14(12-22)15-10-20-21(2)11-15;/h10-11,14,23H,3-9,12-13H2,1-2H3,(H,18,19);1H. The Balaban J connectivity index is 0.00000208. The molecule has 1 atom stereocenters. The van der Waals surface area contributed by atoms with Crippen LogP contribution in [0.2, 0.25) is 0 Å². The fourth-order valence-electron chi connectivity index (χ4n) is 3.84. The molecule has 0 amide bonds. The van der Waals surface area contributed by atoms with Crippen LogP contribution in [-0.2, 0) is 7.05 Å². The molecule has 3 rings (SSSR count). The maximum Gasteiger partial charge on any atom is 0.193 e. The number of hydrogen-bond donors (Lipinski definition) is 2. The van der Waals surface area contributed by atoms with Crippen molar-refractivity contribution in [3.63, 3.8) is 0 Å². The van der Waals surface area contributed by atoms with E-state index >= 15 is 0 Å². The predicted molar refractivity (Wildman–Crippen MR) is 107 cm³/mol. The van der Waals surface area contributed by atoms with Crippen LogP contribution >= 0.6 is 24.0 Å². The van der Waals surface area contributed by atoms with Gasteiger partial charge < -0.3 is 15.3 Å². The van der Waals surface area contributed by atoms with Crippen molar-refractivity contribution in [1.82, 2.24) is 20.0 Å². The molecule has 0 aromatic carbocycles. The molecule has 1 saturated heterocycles. The van der Waals surface area contributed by atoms with Crippen LogP contribution in [0.4, 0.5) is 0 Å². The average molecular weight is 447 g/mol. The summed E-state index contributed by atoms with van der Waals surface area (Å²) in [5, 5.41) is 18.3. The molecule has 2 fully saturated rings. The molecule has 136 valence electrons. The Morgan fingerprint density at radius 2 is 2.17 bits per heavy atom. The molecule has 1 saturated carbocycles. The molecule has 1 aliphatic carbocycles. The summed E-state index contributed by atoms with van der Waals surface area (Å²) in [6.07, 6.45) is 10.5. The van der Waals surface area contributed by atoms with Crippen molar-refractivity contribution in [2.24, 2.45) is 12.0 Å². The van der Waals surface area contributed by atoms with Crippen LogP contribution in [0.15, 0.2) is 17.4 Å². The third-order valence-electron chi connectivity index (χ3n) is 5.26. The largest absolute Gasteiger partial charge is 0.388 e. The van der Waals surface area contributed by atoms with Crippen LogP contribution in [0.25, 0.3) is 0 Å². The fraction of sp³-hybridized carbons (Fsp3) is 0.765. The molecule has 2 aliphatic rings. The summed E-state index contributed by atoms with van der Waals surface area (Å²) >= 11 is 0. The van der Waals surface area contributed by atoms with E-state index in [-0.39, 0.29) is 24.0 Å². The van der Waals surface area contributed by atoms with Gasteiger partial charge in [-0.15, -0.1) is 24.0 Å². The lowest BCUT2D eigenvalue weighted by atomic mass is 9.85. The topological polar surface area (TPSA) is 65.7 Å². The smallest absolute Gasteiger partial charge is 0.193 e. The van der Waals surface area contributed by atoms with Crippen LogP contribution in [0.3, 0.4) is 0 Å². The van der Waals surface area contributed by atoms with Crippen molar-refractivity contribution in [3.05, 3.63) is 18.0 Å². The highest BCUT2D eigenvalue weighted by Gasteiger charge is 2.31. The minimum Gasteiger partial charge on any atom is -0.388 e. The minimum atomic E-state index is -0.559. The van der Waals surface area contributed by atoms with Gasteiger partial charge in [-0.3, -0.25) is 9.67 Å². The fourth-order valence-corrected chi connectivity index (χ4v) is 3.84. The third kappa shape index (κ3) is 4.62. The van der Waals surface area contributed by atoms with Crippen molar-refractivity contribution in [3.8, 4) is 0 Å². The molecule has 0 bridgehead atoms. The maximum atomic E-state index is 10.6. The zero-order chi connectivity index (χ0) is 16.3. The number of aliphatic imine (C=N–C) groups is 1. The van der Waals surface area contributed by atoms with Gasteiger partial charge in [0.2, 0.25) is 0 Å². The van der Waals surface area contributed by atoms with Crippen molar-refractivity contribution in [2.45, 2.75) is 50.0 Å². The van der Waals surface area contributed by atoms with Crippen LogP contribution in [0, 0.1) is 0 Å². The molecule has 1 aliphatic heterocycles. The summed E-state index contributed by atoms with van der Waals surface area (Å²) < 4.78 is 1.86. The first-order valence-corrected chi connectivity index (χ1v) is 8.76. The number of aliphatic hydroxyl groups is 1. The number of aromatic nitrogens is 2. The van der Waals surface area contributed by atoms with Gasteiger partial charge in [0.25, 0.3) is 0 Å². The normalized spacial score (nSPS) is 23.9. The molecule has 1 unspecified atom stereocenters. The number of guanidine groups is 1. The number of nitrogens with one attached hydrogen (secondary N) is 1. The van der Waals surface area contributed by atoms with Gasteiger partial charge >= 0.3 is 0 Å². The second kappa shape index (κ2) is 8.51. The van der Waals surface area contributed by atoms with Gasteiger partial charge in [0.05, 0.1) is 11.8 Å².